The van der Waals surface area contributed by atoms with Crippen molar-refractivity contribution < 1.29 is 4.92 Å². The fraction of sp³-hybridized carbons (Fsp3) is 0.692. The van der Waals surface area contributed by atoms with Crippen LogP contribution in [-0.2, 0) is 0 Å². The Labute approximate surface area is 142 Å². The second-order valence-corrected chi connectivity index (χ2v) is 6.30. The van der Waals surface area contributed by atoms with Crippen LogP contribution in [0, 0.1) is 16.0 Å². The van der Waals surface area contributed by atoms with Gasteiger partial charge in [-0.05, 0) is 17.9 Å². The van der Waals surface area contributed by atoms with Crippen LogP contribution in [0.3, 0.4) is 0 Å². The van der Waals surface area contributed by atoms with Gasteiger partial charge in [0.2, 0.25) is 0 Å². The third-order valence-electron chi connectivity index (χ3n) is 3.46. The molecule has 1 N–H and O–H groups in total. The molecule has 0 aromatic carbocycles. The van der Waals surface area contributed by atoms with Gasteiger partial charge in [0.15, 0.2) is 0 Å². The number of nitrogens with zero attached hydrogens (tertiary/aromatic N) is 2. The van der Waals surface area contributed by atoms with E-state index in [9.17, 15) is 10.1 Å². The summed E-state index contributed by atoms with van der Waals surface area (Å²) in [6.45, 7) is 8.44. The van der Waals surface area contributed by atoms with E-state index in [4.69, 9.17) is 0 Å². The summed E-state index contributed by atoms with van der Waals surface area (Å²) >= 11 is 1.24. The van der Waals surface area contributed by atoms with Crippen molar-refractivity contribution in [3.8, 4) is 0 Å². The van der Waals surface area contributed by atoms with E-state index in [2.05, 4.69) is 24.1 Å². The van der Waals surface area contributed by atoms with E-state index >= 15 is 0 Å². The van der Waals surface area contributed by atoms with Gasteiger partial charge < -0.3 is 5.32 Å². The summed E-state index contributed by atoms with van der Waals surface area (Å²) in [5, 5.41) is 16.4. The van der Waals surface area contributed by atoms with Gasteiger partial charge in [-0.1, -0.05) is 25.2 Å². The standard InChI is InChI=1S/C13H21N3O2S.2ClH/c1-10(2)7-12(15-5-3-14-4-6-15)11-8-13(16(17)18)19-9-11;;/h8-10,12,14H,3-7H2,1-2H3;2*1H/t12-;;/m1../s1. The predicted octanol–water partition coefficient (Wildman–Crippen LogP) is 3.49. The van der Waals surface area contributed by atoms with Crippen molar-refractivity contribution in [2.45, 2.75) is 26.3 Å². The van der Waals surface area contributed by atoms with Crippen molar-refractivity contribution in [1.82, 2.24) is 10.2 Å². The molecule has 2 rings (SSSR count). The lowest BCUT2D eigenvalue weighted by Crippen LogP contribution is -2.45. The highest BCUT2D eigenvalue weighted by Gasteiger charge is 2.25. The van der Waals surface area contributed by atoms with E-state index in [0.29, 0.717) is 12.0 Å². The summed E-state index contributed by atoms with van der Waals surface area (Å²) in [5.41, 5.74) is 1.10. The maximum absolute atomic E-state index is 10.8. The van der Waals surface area contributed by atoms with Gasteiger partial charge in [0, 0.05) is 43.7 Å². The van der Waals surface area contributed by atoms with Gasteiger partial charge in [0.05, 0.1) is 4.92 Å². The normalized spacial score (nSPS) is 16.9. The number of hydrogen-bond acceptors (Lipinski definition) is 5. The fourth-order valence-electron chi connectivity index (χ4n) is 2.55. The summed E-state index contributed by atoms with van der Waals surface area (Å²) < 4.78 is 0. The lowest BCUT2D eigenvalue weighted by molar-refractivity contribution is -0.380. The lowest BCUT2D eigenvalue weighted by Gasteiger charge is -2.35. The molecular formula is C13H23Cl2N3O2S. The Morgan fingerprint density at radius 2 is 2.00 bits per heavy atom. The minimum atomic E-state index is -0.293. The number of halogens is 2. The quantitative estimate of drug-likeness (QED) is 0.648. The Kier molecular flexibility index (Phi) is 9.40. The molecule has 0 bridgehead atoms. The van der Waals surface area contributed by atoms with Crippen molar-refractivity contribution in [2.75, 3.05) is 26.2 Å². The van der Waals surface area contributed by atoms with Crippen LogP contribution in [-0.4, -0.2) is 36.0 Å². The molecule has 0 spiro atoms. The van der Waals surface area contributed by atoms with Crippen molar-refractivity contribution in [1.29, 1.82) is 0 Å². The molecule has 0 unspecified atom stereocenters. The Bertz CT molecular complexity index is 437. The first-order chi connectivity index (χ1) is 9.08. The first-order valence-electron chi connectivity index (χ1n) is 6.75. The van der Waals surface area contributed by atoms with Crippen LogP contribution >= 0.6 is 36.2 Å². The number of thiophene rings is 1. The molecule has 8 heteroatoms. The molecule has 1 fully saturated rings. The molecule has 0 radical (unpaired) electrons. The third-order valence-corrected chi connectivity index (χ3v) is 4.36. The monoisotopic (exact) mass is 355 g/mol. The minimum Gasteiger partial charge on any atom is -0.314 e. The first-order valence-corrected chi connectivity index (χ1v) is 7.63. The average Bonchev–Trinajstić information content (AvgIpc) is 2.86. The van der Waals surface area contributed by atoms with Gasteiger partial charge in [-0.25, -0.2) is 0 Å². The zero-order valence-corrected chi connectivity index (χ0v) is 14.7. The zero-order valence-electron chi connectivity index (χ0n) is 12.3. The third kappa shape index (κ3) is 5.71. The summed E-state index contributed by atoms with van der Waals surface area (Å²) in [6.07, 6.45) is 1.05. The molecule has 1 atom stereocenters. The van der Waals surface area contributed by atoms with Gasteiger partial charge >= 0.3 is 5.00 Å². The Morgan fingerprint density at radius 1 is 1.38 bits per heavy atom. The molecule has 0 amide bonds. The Hall–Kier alpha value is -0.400. The Balaban J connectivity index is 0.00000200. The number of hydrogen-bond donors (Lipinski definition) is 1. The summed E-state index contributed by atoms with van der Waals surface area (Å²) in [4.78, 5) is 13.0. The van der Waals surface area contributed by atoms with E-state index in [0.717, 1.165) is 38.2 Å². The highest BCUT2D eigenvalue weighted by Crippen LogP contribution is 2.34. The molecule has 1 aromatic heterocycles. The van der Waals surface area contributed by atoms with Gasteiger partial charge in [0.1, 0.15) is 0 Å². The molecule has 5 nitrogen and oxygen atoms in total. The maximum Gasteiger partial charge on any atom is 0.324 e. The largest absolute Gasteiger partial charge is 0.324 e. The first kappa shape index (κ1) is 20.6. The zero-order chi connectivity index (χ0) is 13.8. The molecule has 21 heavy (non-hydrogen) atoms. The van der Waals surface area contributed by atoms with E-state index < -0.39 is 0 Å². The average molecular weight is 356 g/mol. The lowest BCUT2D eigenvalue weighted by atomic mass is 9.97. The van der Waals surface area contributed by atoms with Crippen LogP contribution in [0.1, 0.15) is 31.9 Å². The van der Waals surface area contributed by atoms with E-state index in [1.165, 1.54) is 11.3 Å². The van der Waals surface area contributed by atoms with Crippen LogP contribution in [0.2, 0.25) is 0 Å². The van der Waals surface area contributed by atoms with Gasteiger partial charge in [0.25, 0.3) is 0 Å². The Morgan fingerprint density at radius 3 is 2.48 bits per heavy atom. The highest BCUT2D eigenvalue weighted by atomic mass is 35.5. The van der Waals surface area contributed by atoms with Gasteiger partial charge in [-0.15, -0.1) is 24.8 Å². The summed E-state index contributed by atoms with van der Waals surface area (Å²) in [5.74, 6) is 0.582. The maximum atomic E-state index is 10.8. The van der Waals surface area contributed by atoms with Crippen LogP contribution < -0.4 is 5.32 Å². The van der Waals surface area contributed by atoms with Crippen molar-refractivity contribution in [2.24, 2.45) is 5.92 Å². The van der Waals surface area contributed by atoms with Crippen LogP contribution in [0.5, 0.6) is 0 Å². The summed E-state index contributed by atoms with van der Waals surface area (Å²) in [6, 6.07) is 2.06. The fourth-order valence-corrected chi connectivity index (χ4v) is 3.32. The van der Waals surface area contributed by atoms with Gasteiger partial charge in [-0.3, -0.25) is 15.0 Å². The van der Waals surface area contributed by atoms with Crippen LogP contribution in [0.25, 0.3) is 0 Å². The predicted molar refractivity (Wildman–Crippen MR) is 92.1 cm³/mol. The number of nitro groups is 1. The molecule has 1 saturated heterocycles. The number of nitrogens with one attached hydrogen (secondary N) is 1. The second kappa shape index (κ2) is 9.58. The SMILES string of the molecule is CC(C)C[C@H](c1csc([N+](=O)[O-])c1)N1CCNCC1.Cl.Cl. The highest BCUT2D eigenvalue weighted by molar-refractivity contribution is 7.13. The van der Waals surface area contributed by atoms with Crippen molar-refractivity contribution in [3.05, 3.63) is 27.1 Å². The van der Waals surface area contributed by atoms with Crippen LogP contribution in [0.4, 0.5) is 5.00 Å². The van der Waals surface area contributed by atoms with Crippen molar-refractivity contribution in [3.63, 3.8) is 0 Å². The topological polar surface area (TPSA) is 58.4 Å². The van der Waals surface area contributed by atoms with E-state index in [-0.39, 0.29) is 34.7 Å². The second-order valence-electron chi connectivity index (χ2n) is 5.41. The molecule has 0 aliphatic carbocycles. The molecular weight excluding hydrogens is 333 g/mol. The molecule has 1 aliphatic heterocycles. The van der Waals surface area contributed by atoms with E-state index in [1.54, 1.807) is 6.07 Å². The molecule has 122 valence electrons. The summed E-state index contributed by atoms with van der Waals surface area (Å²) in [7, 11) is 0. The molecule has 1 aromatic rings. The van der Waals surface area contributed by atoms with E-state index in [1.807, 2.05) is 5.38 Å². The molecule has 1 aliphatic rings. The smallest absolute Gasteiger partial charge is 0.314 e. The molecule has 0 saturated carbocycles. The minimum absolute atomic E-state index is 0. The molecule has 2 heterocycles. The number of piperazine rings is 1. The van der Waals surface area contributed by atoms with Crippen LogP contribution in [0.15, 0.2) is 11.4 Å². The van der Waals surface area contributed by atoms with Gasteiger partial charge in [-0.2, -0.15) is 0 Å². The number of rotatable bonds is 5. The van der Waals surface area contributed by atoms with Crippen molar-refractivity contribution >= 4 is 41.2 Å².